The number of benzene rings is 1. The Morgan fingerprint density at radius 1 is 1.40 bits per heavy atom. The summed E-state index contributed by atoms with van der Waals surface area (Å²) >= 11 is 0. The lowest BCUT2D eigenvalue weighted by Crippen LogP contribution is -2.22. The molecule has 0 aliphatic heterocycles. The average molecular weight is 271 g/mol. The van der Waals surface area contributed by atoms with E-state index in [2.05, 4.69) is 49.3 Å². The van der Waals surface area contributed by atoms with Crippen LogP contribution in [0.1, 0.15) is 37.8 Å². The molecule has 1 aliphatic rings. The van der Waals surface area contributed by atoms with Gasteiger partial charge in [-0.3, -0.25) is 0 Å². The summed E-state index contributed by atoms with van der Waals surface area (Å²) in [5, 5.41) is 12.8. The van der Waals surface area contributed by atoms with Crippen molar-refractivity contribution in [2.45, 2.75) is 33.2 Å². The molecule has 0 unspecified atom stereocenters. The van der Waals surface area contributed by atoms with E-state index in [9.17, 15) is 5.26 Å². The summed E-state index contributed by atoms with van der Waals surface area (Å²) in [6.07, 6.45) is 2.67. The fourth-order valence-corrected chi connectivity index (χ4v) is 2.41. The van der Waals surface area contributed by atoms with Gasteiger partial charge in [0.1, 0.15) is 6.07 Å². The number of rotatable bonds is 7. The van der Waals surface area contributed by atoms with Gasteiger partial charge in [0.25, 0.3) is 0 Å². The minimum absolute atomic E-state index is 0.648. The molecule has 1 aromatic carbocycles. The number of nitriles is 1. The second-order valence-electron chi connectivity index (χ2n) is 6.31. The fourth-order valence-electron chi connectivity index (χ4n) is 2.41. The van der Waals surface area contributed by atoms with Crippen molar-refractivity contribution in [3.05, 3.63) is 29.3 Å². The third-order valence-electron chi connectivity index (χ3n) is 3.70. The van der Waals surface area contributed by atoms with Crippen molar-refractivity contribution < 1.29 is 0 Å². The molecule has 3 nitrogen and oxygen atoms in total. The highest BCUT2D eigenvalue weighted by Gasteiger charge is 2.23. The molecule has 1 aliphatic carbocycles. The highest BCUT2D eigenvalue weighted by atomic mass is 15.1. The molecule has 3 heteroatoms. The van der Waals surface area contributed by atoms with Crippen LogP contribution in [0.3, 0.4) is 0 Å². The Hall–Kier alpha value is -1.53. The molecule has 1 saturated carbocycles. The zero-order chi connectivity index (χ0) is 14.5. The summed E-state index contributed by atoms with van der Waals surface area (Å²) in [4.78, 5) is 2.22. The van der Waals surface area contributed by atoms with Crippen molar-refractivity contribution in [1.82, 2.24) is 5.32 Å². The van der Waals surface area contributed by atoms with Gasteiger partial charge in [-0.2, -0.15) is 5.26 Å². The second kappa shape index (κ2) is 6.76. The van der Waals surface area contributed by atoms with Gasteiger partial charge in [0.2, 0.25) is 0 Å². The standard InChI is InChI=1S/C17H25N3/c1-13(2)10-19-11-15-6-7-17(16(8-15)9-18)20(3)12-14-4-5-14/h6-8,13-14,19H,4-5,10-12H2,1-3H3. The highest BCUT2D eigenvalue weighted by Crippen LogP contribution is 2.31. The highest BCUT2D eigenvalue weighted by molar-refractivity contribution is 5.60. The van der Waals surface area contributed by atoms with E-state index in [4.69, 9.17) is 0 Å². The first-order chi connectivity index (χ1) is 9.60. The number of nitrogens with one attached hydrogen (secondary N) is 1. The molecule has 0 atom stereocenters. The van der Waals surface area contributed by atoms with E-state index < -0.39 is 0 Å². The largest absolute Gasteiger partial charge is 0.373 e. The van der Waals surface area contributed by atoms with Gasteiger partial charge in [0.05, 0.1) is 11.3 Å². The number of hydrogen-bond acceptors (Lipinski definition) is 3. The normalized spacial score (nSPS) is 14.3. The molecule has 0 heterocycles. The summed E-state index contributed by atoms with van der Waals surface area (Å²) in [5.74, 6) is 1.48. The van der Waals surface area contributed by atoms with Gasteiger partial charge >= 0.3 is 0 Å². The Bertz CT molecular complexity index is 483. The third kappa shape index (κ3) is 4.25. The van der Waals surface area contributed by atoms with Crippen LogP contribution in [0.25, 0.3) is 0 Å². The first-order valence-corrected chi connectivity index (χ1v) is 7.55. The number of anilines is 1. The molecule has 0 saturated heterocycles. The van der Waals surface area contributed by atoms with E-state index in [1.165, 1.54) is 18.4 Å². The van der Waals surface area contributed by atoms with Crippen LogP contribution < -0.4 is 10.2 Å². The van der Waals surface area contributed by atoms with E-state index in [0.717, 1.165) is 36.8 Å². The van der Waals surface area contributed by atoms with E-state index >= 15 is 0 Å². The minimum atomic E-state index is 0.648. The van der Waals surface area contributed by atoms with E-state index in [-0.39, 0.29) is 0 Å². The third-order valence-corrected chi connectivity index (χ3v) is 3.70. The second-order valence-corrected chi connectivity index (χ2v) is 6.31. The molecule has 0 amide bonds. The Morgan fingerprint density at radius 2 is 2.15 bits per heavy atom. The smallest absolute Gasteiger partial charge is 0.101 e. The molecule has 1 fully saturated rings. The van der Waals surface area contributed by atoms with Crippen LogP contribution in [0.15, 0.2) is 18.2 Å². The molecule has 108 valence electrons. The molecule has 0 bridgehead atoms. The Labute approximate surface area is 122 Å². The first-order valence-electron chi connectivity index (χ1n) is 7.55. The van der Waals surface area contributed by atoms with E-state index in [1.807, 2.05) is 6.07 Å². The maximum atomic E-state index is 9.36. The molecule has 2 rings (SSSR count). The fraction of sp³-hybridized carbons (Fsp3) is 0.588. The quantitative estimate of drug-likeness (QED) is 0.828. The molecule has 1 aromatic rings. The van der Waals surface area contributed by atoms with Crippen LogP contribution in [0.2, 0.25) is 0 Å². The summed E-state index contributed by atoms with van der Waals surface area (Å²) in [7, 11) is 2.09. The van der Waals surface area contributed by atoms with Gasteiger partial charge in [-0.25, -0.2) is 0 Å². The molecular formula is C17H25N3. The van der Waals surface area contributed by atoms with Crippen LogP contribution in [-0.2, 0) is 6.54 Å². The van der Waals surface area contributed by atoms with Gasteiger partial charge in [-0.15, -0.1) is 0 Å². The topological polar surface area (TPSA) is 39.1 Å². The van der Waals surface area contributed by atoms with Crippen LogP contribution >= 0.6 is 0 Å². The molecule has 0 aromatic heterocycles. The maximum absolute atomic E-state index is 9.36. The minimum Gasteiger partial charge on any atom is -0.373 e. The monoisotopic (exact) mass is 271 g/mol. The molecular weight excluding hydrogens is 246 g/mol. The van der Waals surface area contributed by atoms with Crippen LogP contribution in [-0.4, -0.2) is 20.1 Å². The molecule has 1 N–H and O–H groups in total. The van der Waals surface area contributed by atoms with Crippen molar-refractivity contribution >= 4 is 5.69 Å². The first kappa shape index (κ1) is 14.9. The predicted octanol–water partition coefficient (Wildman–Crippen LogP) is 3.15. The van der Waals surface area contributed by atoms with Gasteiger partial charge in [0, 0.05) is 20.1 Å². The van der Waals surface area contributed by atoms with Crippen molar-refractivity contribution in [3.63, 3.8) is 0 Å². The predicted molar refractivity (Wildman–Crippen MR) is 83.7 cm³/mol. The van der Waals surface area contributed by atoms with Crippen LogP contribution in [0, 0.1) is 23.2 Å². The van der Waals surface area contributed by atoms with Crippen LogP contribution in [0.5, 0.6) is 0 Å². The molecule has 20 heavy (non-hydrogen) atoms. The zero-order valence-electron chi connectivity index (χ0n) is 12.8. The summed E-state index contributed by atoms with van der Waals surface area (Å²) in [5.41, 5.74) is 3.04. The summed E-state index contributed by atoms with van der Waals surface area (Å²) < 4.78 is 0. The van der Waals surface area contributed by atoms with Crippen molar-refractivity contribution in [2.24, 2.45) is 11.8 Å². The Kier molecular flexibility index (Phi) is 5.03. The van der Waals surface area contributed by atoms with Crippen LogP contribution in [0.4, 0.5) is 5.69 Å². The van der Waals surface area contributed by atoms with Gasteiger partial charge in [0.15, 0.2) is 0 Å². The van der Waals surface area contributed by atoms with Crippen molar-refractivity contribution in [3.8, 4) is 6.07 Å². The molecule has 0 radical (unpaired) electrons. The Balaban J connectivity index is 2.01. The van der Waals surface area contributed by atoms with Gasteiger partial charge < -0.3 is 10.2 Å². The summed E-state index contributed by atoms with van der Waals surface area (Å²) in [6.45, 7) is 7.30. The lowest BCUT2D eigenvalue weighted by Gasteiger charge is -2.21. The maximum Gasteiger partial charge on any atom is 0.101 e. The lowest BCUT2D eigenvalue weighted by atomic mass is 10.1. The molecule has 0 spiro atoms. The SMILES string of the molecule is CC(C)CNCc1ccc(N(C)CC2CC2)c(C#N)c1. The van der Waals surface area contributed by atoms with Gasteiger partial charge in [-0.1, -0.05) is 19.9 Å². The number of hydrogen-bond donors (Lipinski definition) is 1. The zero-order valence-corrected chi connectivity index (χ0v) is 12.8. The van der Waals surface area contributed by atoms with Crippen molar-refractivity contribution in [2.75, 3.05) is 25.0 Å². The number of nitrogens with zero attached hydrogens (tertiary/aromatic N) is 2. The lowest BCUT2D eigenvalue weighted by molar-refractivity contribution is 0.552. The van der Waals surface area contributed by atoms with E-state index in [1.54, 1.807) is 0 Å². The van der Waals surface area contributed by atoms with Crippen molar-refractivity contribution in [1.29, 1.82) is 5.26 Å². The Morgan fingerprint density at radius 3 is 2.75 bits per heavy atom. The average Bonchev–Trinajstić information content (AvgIpc) is 3.22. The summed E-state index contributed by atoms with van der Waals surface area (Å²) in [6, 6.07) is 8.58. The van der Waals surface area contributed by atoms with Gasteiger partial charge in [-0.05, 0) is 48.9 Å². The van der Waals surface area contributed by atoms with E-state index in [0.29, 0.717) is 5.92 Å².